The number of nitrogens with one attached hydrogen (secondary N) is 1. The van der Waals surface area contributed by atoms with E-state index in [4.69, 9.17) is 16.3 Å². The van der Waals surface area contributed by atoms with Gasteiger partial charge in [0.05, 0.1) is 24.2 Å². The van der Waals surface area contributed by atoms with Gasteiger partial charge in [-0.3, -0.25) is 0 Å². The predicted molar refractivity (Wildman–Crippen MR) is 122 cm³/mol. The maximum atomic E-state index is 12.9. The third-order valence-corrected chi connectivity index (χ3v) is 6.25. The molecule has 3 aromatic rings. The van der Waals surface area contributed by atoms with Crippen molar-refractivity contribution in [2.45, 2.75) is 17.9 Å². The molecule has 3 rings (SSSR count). The van der Waals surface area contributed by atoms with Crippen molar-refractivity contribution in [1.29, 1.82) is 0 Å². The standard InChI is InChI=1S/C24H24ClNO3S/c1-19-9-15-23(16-10-19)30(27,28)26-24(21-11-13-22(25)14-12-21)18-29-17-5-8-20-6-3-2-4-7-20/h2-16,24,26H,17-18H2,1H3/b8-5+. The Morgan fingerprint density at radius 3 is 2.30 bits per heavy atom. The van der Waals surface area contributed by atoms with E-state index in [1.165, 1.54) is 0 Å². The molecule has 0 aliphatic rings. The minimum Gasteiger partial charge on any atom is -0.375 e. The van der Waals surface area contributed by atoms with Crippen molar-refractivity contribution in [3.05, 3.63) is 107 Å². The highest BCUT2D eigenvalue weighted by atomic mass is 35.5. The van der Waals surface area contributed by atoms with Gasteiger partial charge in [0, 0.05) is 5.02 Å². The van der Waals surface area contributed by atoms with Crippen molar-refractivity contribution in [1.82, 2.24) is 4.72 Å². The van der Waals surface area contributed by atoms with E-state index < -0.39 is 16.1 Å². The fourth-order valence-electron chi connectivity index (χ4n) is 2.87. The summed E-state index contributed by atoms with van der Waals surface area (Å²) >= 11 is 5.98. The molecule has 1 atom stereocenters. The summed E-state index contributed by atoms with van der Waals surface area (Å²) in [5.74, 6) is 0. The number of hydrogen-bond acceptors (Lipinski definition) is 3. The van der Waals surface area contributed by atoms with Gasteiger partial charge in [-0.05, 0) is 42.3 Å². The smallest absolute Gasteiger partial charge is 0.241 e. The molecule has 4 nitrogen and oxygen atoms in total. The van der Waals surface area contributed by atoms with Crippen LogP contribution in [0.15, 0.2) is 89.8 Å². The number of ether oxygens (including phenoxy) is 1. The Morgan fingerprint density at radius 1 is 0.967 bits per heavy atom. The second kappa shape index (κ2) is 10.5. The average Bonchev–Trinajstić information content (AvgIpc) is 2.74. The first-order chi connectivity index (χ1) is 14.4. The topological polar surface area (TPSA) is 55.4 Å². The molecule has 0 aliphatic heterocycles. The highest BCUT2D eigenvalue weighted by Gasteiger charge is 2.21. The van der Waals surface area contributed by atoms with Gasteiger partial charge in [0.1, 0.15) is 0 Å². The Hall–Kier alpha value is -2.44. The lowest BCUT2D eigenvalue weighted by Gasteiger charge is -2.19. The maximum absolute atomic E-state index is 12.9. The fraction of sp³-hybridized carbons (Fsp3) is 0.167. The fourth-order valence-corrected chi connectivity index (χ4v) is 4.20. The van der Waals surface area contributed by atoms with Crippen molar-refractivity contribution in [3.8, 4) is 0 Å². The van der Waals surface area contributed by atoms with E-state index >= 15 is 0 Å². The molecular weight excluding hydrogens is 418 g/mol. The molecule has 30 heavy (non-hydrogen) atoms. The van der Waals surface area contributed by atoms with Gasteiger partial charge in [0.25, 0.3) is 0 Å². The van der Waals surface area contributed by atoms with Crippen LogP contribution in [0.3, 0.4) is 0 Å². The van der Waals surface area contributed by atoms with E-state index in [9.17, 15) is 8.42 Å². The summed E-state index contributed by atoms with van der Waals surface area (Å²) in [6.45, 7) is 2.47. The molecule has 6 heteroatoms. The van der Waals surface area contributed by atoms with Crippen molar-refractivity contribution in [3.63, 3.8) is 0 Å². The first-order valence-electron chi connectivity index (χ1n) is 9.58. The number of halogens is 1. The second-order valence-electron chi connectivity index (χ2n) is 6.89. The minimum atomic E-state index is -3.70. The van der Waals surface area contributed by atoms with Crippen LogP contribution in [0, 0.1) is 6.92 Å². The van der Waals surface area contributed by atoms with Crippen LogP contribution in [0.5, 0.6) is 0 Å². The molecule has 1 N–H and O–H groups in total. The Bertz CT molecular complexity index is 1060. The van der Waals surface area contributed by atoms with Gasteiger partial charge in [-0.15, -0.1) is 0 Å². The van der Waals surface area contributed by atoms with Crippen LogP contribution in [0.2, 0.25) is 5.02 Å². The van der Waals surface area contributed by atoms with Crippen LogP contribution < -0.4 is 4.72 Å². The second-order valence-corrected chi connectivity index (χ2v) is 9.04. The van der Waals surface area contributed by atoms with E-state index in [-0.39, 0.29) is 11.5 Å². The lowest BCUT2D eigenvalue weighted by Crippen LogP contribution is -2.31. The van der Waals surface area contributed by atoms with Gasteiger partial charge in [-0.1, -0.05) is 83.9 Å². The lowest BCUT2D eigenvalue weighted by atomic mass is 10.1. The van der Waals surface area contributed by atoms with Gasteiger partial charge >= 0.3 is 0 Å². The average molecular weight is 442 g/mol. The van der Waals surface area contributed by atoms with Gasteiger partial charge < -0.3 is 4.74 Å². The summed E-state index contributed by atoms with van der Waals surface area (Å²) in [5, 5.41) is 0.589. The third kappa shape index (κ3) is 6.54. The van der Waals surface area contributed by atoms with Crippen molar-refractivity contribution >= 4 is 27.7 Å². The monoisotopic (exact) mass is 441 g/mol. The molecule has 0 aliphatic carbocycles. The first-order valence-corrected chi connectivity index (χ1v) is 11.4. The number of hydrogen-bond donors (Lipinski definition) is 1. The van der Waals surface area contributed by atoms with Crippen LogP contribution in [-0.2, 0) is 14.8 Å². The summed E-state index contributed by atoms with van der Waals surface area (Å²) in [6.07, 6.45) is 3.87. The Balaban J connectivity index is 1.69. The van der Waals surface area contributed by atoms with E-state index in [1.54, 1.807) is 48.5 Å². The zero-order chi connectivity index (χ0) is 21.4. The highest BCUT2D eigenvalue weighted by Crippen LogP contribution is 2.20. The normalized spacial score (nSPS) is 12.9. The van der Waals surface area contributed by atoms with E-state index in [0.717, 1.165) is 16.7 Å². The Labute approximate surface area is 183 Å². The molecular formula is C24H24ClNO3S. The first kappa shape index (κ1) is 22.2. The van der Waals surface area contributed by atoms with Crippen LogP contribution >= 0.6 is 11.6 Å². The molecule has 1 unspecified atom stereocenters. The summed E-state index contributed by atoms with van der Waals surface area (Å²) < 4.78 is 34.2. The molecule has 0 saturated heterocycles. The zero-order valence-corrected chi connectivity index (χ0v) is 18.2. The van der Waals surface area contributed by atoms with Crippen LogP contribution in [-0.4, -0.2) is 21.6 Å². The van der Waals surface area contributed by atoms with Crippen molar-refractivity contribution in [2.24, 2.45) is 0 Å². The number of sulfonamides is 1. The minimum absolute atomic E-state index is 0.186. The molecule has 156 valence electrons. The SMILES string of the molecule is Cc1ccc(S(=O)(=O)NC(COC/C=C/c2ccccc2)c2ccc(Cl)cc2)cc1. The van der Waals surface area contributed by atoms with Crippen molar-refractivity contribution < 1.29 is 13.2 Å². The molecule has 0 saturated carbocycles. The molecule has 3 aromatic carbocycles. The Kier molecular flexibility index (Phi) is 7.82. The van der Waals surface area contributed by atoms with Crippen molar-refractivity contribution in [2.75, 3.05) is 13.2 Å². The van der Waals surface area contributed by atoms with Gasteiger partial charge in [0.15, 0.2) is 0 Å². The maximum Gasteiger partial charge on any atom is 0.241 e. The molecule has 0 bridgehead atoms. The van der Waals surface area contributed by atoms with E-state index in [2.05, 4.69) is 4.72 Å². The quantitative estimate of drug-likeness (QED) is 0.452. The summed E-state index contributed by atoms with van der Waals surface area (Å²) in [5.41, 5.74) is 2.86. The van der Waals surface area contributed by atoms with E-state index in [0.29, 0.717) is 11.6 Å². The van der Waals surface area contributed by atoms with Gasteiger partial charge in [-0.2, -0.15) is 0 Å². The molecule has 0 fully saturated rings. The van der Waals surface area contributed by atoms with Crippen LogP contribution in [0.1, 0.15) is 22.7 Å². The molecule has 0 amide bonds. The lowest BCUT2D eigenvalue weighted by molar-refractivity contribution is 0.143. The Morgan fingerprint density at radius 2 is 1.63 bits per heavy atom. The molecule has 0 spiro atoms. The van der Waals surface area contributed by atoms with Crippen LogP contribution in [0.25, 0.3) is 6.08 Å². The predicted octanol–water partition coefficient (Wildman–Crippen LogP) is 5.40. The largest absolute Gasteiger partial charge is 0.375 e. The summed E-state index contributed by atoms with van der Waals surface area (Å²) in [4.78, 5) is 0.219. The summed E-state index contributed by atoms with van der Waals surface area (Å²) in [7, 11) is -3.70. The van der Waals surface area contributed by atoms with Gasteiger partial charge in [0.2, 0.25) is 10.0 Å². The number of rotatable bonds is 9. The third-order valence-electron chi connectivity index (χ3n) is 4.51. The van der Waals surface area contributed by atoms with E-state index in [1.807, 2.05) is 49.4 Å². The van der Waals surface area contributed by atoms with Crippen LogP contribution in [0.4, 0.5) is 0 Å². The molecule has 0 aromatic heterocycles. The highest BCUT2D eigenvalue weighted by molar-refractivity contribution is 7.89. The molecule has 0 radical (unpaired) electrons. The number of aryl methyl sites for hydroxylation is 1. The number of benzene rings is 3. The zero-order valence-electron chi connectivity index (χ0n) is 16.7. The van der Waals surface area contributed by atoms with Gasteiger partial charge in [-0.25, -0.2) is 13.1 Å². The summed E-state index contributed by atoms with van der Waals surface area (Å²) in [6, 6.07) is 23.2. The molecule has 0 heterocycles.